The summed E-state index contributed by atoms with van der Waals surface area (Å²) < 4.78 is 5.11. The summed E-state index contributed by atoms with van der Waals surface area (Å²) in [7, 11) is 0. The van der Waals surface area contributed by atoms with Crippen LogP contribution in [0.25, 0.3) is 0 Å². The van der Waals surface area contributed by atoms with E-state index in [2.05, 4.69) is 11.1 Å². The van der Waals surface area contributed by atoms with Gasteiger partial charge in [-0.1, -0.05) is 25.3 Å². The second kappa shape index (κ2) is 6.51. The number of nitrogens with zero attached hydrogens (tertiary/aromatic N) is 2. The van der Waals surface area contributed by atoms with Gasteiger partial charge in [-0.2, -0.15) is 5.26 Å². The van der Waals surface area contributed by atoms with Gasteiger partial charge in [0.05, 0.1) is 12.7 Å². The monoisotopic (exact) mass is 272 g/mol. The summed E-state index contributed by atoms with van der Waals surface area (Å²) in [4.78, 5) is 16.6. The normalized spacial score (nSPS) is 18.8. The predicted molar refractivity (Wildman–Crippen MR) is 74.7 cm³/mol. The number of carbonyl (C=O) groups excluding carboxylic acids is 1. The molecule has 1 aliphatic rings. The molecular formula is C16H20N2O2. The van der Waals surface area contributed by atoms with Crippen molar-refractivity contribution < 1.29 is 9.53 Å². The summed E-state index contributed by atoms with van der Waals surface area (Å²) in [6.45, 7) is 2.07. The molecule has 1 fully saturated rings. The van der Waals surface area contributed by atoms with Crippen molar-refractivity contribution in [3.8, 4) is 6.07 Å². The lowest BCUT2D eigenvalue weighted by Crippen LogP contribution is -2.42. The van der Waals surface area contributed by atoms with Crippen molar-refractivity contribution in [1.82, 2.24) is 4.98 Å². The Hall–Kier alpha value is -1.89. The van der Waals surface area contributed by atoms with Gasteiger partial charge in [0.1, 0.15) is 0 Å². The third kappa shape index (κ3) is 2.67. The maximum absolute atomic E-state index is 12.2. The molecule has 1 atom stereocenters. The van der Waals surface area contributed by atoms with Gasteiger partial charge >= 0.3 is 5.97 Å². The van der Waals surface area contributed by atoms with Crippen molar-refractivity contribution in [2.45, 2.75) is 44.4 Å². The van der Waals surface area contributed by atoms with Crippen LogP contribution in [0.4, 0.5) is 0 Å². The zero-order valence-electron chi connectivity index (χ0n) is 11.8. The molecule has 0 radical (unpaired) electrons. The highest BCUT2D eigenvalue weighted by Crippen LogP contribution is 2.44. The summed E-state index contributed by atoms with van der Waals surface area (Å²) in [6.07, 6.45) is 6.56. The first kappa shape index (κ1) is 14.5. The van der Waals surface area contributed by atoms with E-state index in [9.17, 15) is 10.1 Å². The molecule has 1 aromatic rings. The molecule has 1 aliphatic carbocycles. The van der Waals surface area contributed by atoms with Gasteiger partial charge in [0.15, 0.2) is 5.92 Å². The number of hydrogen-bond donors (Lipinski definition) is 0. The number of ether oxygens (including phenoxy) is 1. The van der Waals surface area contributed by atoms with Gasteiger partial charge in [0, 0.05) is 17.3 Å². The maximum Gasteiger partial charge on any atom is 0.324 e. The number of pyridine rings is 1. The molecule has 0 aromatic carbocycles. The highest BCUT2D eigenvalue weighted by Gasteiger charge is 2.47. The molecule has 0 spiro atoms. The number of rotatable bonds is 4. The van der Waals surface area contributed by atoms with Gasteiger partial charge in [-0.05, 0) is 31.9 Å². The quantitative estimate of drug-likeness (QED) is 0.790. The van der Waals surface area contributed by atoms with E-state index in [0.717, 1.165) is 37.8 Å². The molecule has 2 rings (SSSR count). The largest absolute Gasteiger partial charge is 0.465 e. The topological polar surface area (TPSA) is 63.0 Å². The lowest BCUT2D eigenvalue weighted by atomic mass is 9.64. The Kier molecular flexibility index (Phi) is 4.73. The Labute approximate surface area is 119 Å². The van der Waals surface area contributed by atoms with Crippen LogP contribution < -0.4 is 0 Å². The number of carbonyl (C=O) groups is 1. The number of esters is 1. The van der Waals surface area contributed by atoms with Crippen molar-refractivity contribution in [3.63, 3.8) is 0 Å². The van der Waals surface area contributed by atoms with E-state index in [1.165, 1.54) is 0 Å². The minimum Gasteiger partial charge on any atom is -0.465 e. The zero-order valence-corrected chi connectivity index (χ0v) is 11.8. The third-order valence-electron chi connectivity index (χ3n) is 4.12. The molecule has 20 heavy (non-hydrogen) atoms. The fourth-order valence-electron chi connectivity index (χ4n) is 3.16. The average Bonchev–Trinajstić information content (AvgIpc) is 2.50. The van der Waals surface area contributed by atoms with Crippen molar-refractivity contribution in [2.75, 3.05) is 6.61 Å². The molecule has 1 unspecified atom stereocenters. The molecule has 0 aliphatic heterocycles. The molecule has 0 saturated heterocycles. The van der Waals surface area contributed by atoms with Crippen molar-refractivity contribution in [3.05, 3.63) is 30.1 Å². The Morgan fingerprint density at radius 3 is 2.75 bits per heavy atom. The molecule has 1 aromatic heterocycles. The summed E-state index contributed by atoms with van der Waals surface area (Å²) in [5.41, 5.74) is 0.361. The molecule has 1 heterocycles. The SMILES string of the molecule is CCOC(=O)C(C#N)C1(c2ccccn2)CCCCC1. The van der Waals surface area contributed by atoms with E-state index in [1.54, 1.807) is 13.1 Å². The van der Waals surface area contributed by atoms with Crippen LogP contribution in [0, 0.1) is 17.2 Å². The van der Waals surface area contributed by atoms with E-state index in [0.29, 0.717) is 6.61 Å². The zero-order chi connectivity index (χ0) is 14.4. The maximum atomic E-state index is 12.2. The standard InChI is InChI=1S/C16H20N2O2/c1-2-20-15(19)13(12-17)16(9-5-3-6-10-16)14-8-4-7-11-18-14/h4,7-8,11,13H,2-3,5-6,9-10H2,1H3. The number of aromatic nitrogens is 1. The molecule has 0 bridgehead atoms. The minimum absolute atomic E-state index is 0.301. The highest BCUT2D eigenvalue weighted by atomic mass is 16.5. The van der Waals surface area contributed by atoms with Crippen LogP contribution in [-0.2, 0) is 14.9 Å². The molecule has 4 heteroatoms. The lowest BCUT2D eigenvalue weighted by molar-refractivity contribution is -0.149. The fraction of sp³-hybridized carbons (Fsp3) is 0.562. The van der Waals surface area contributed by atoms with Gasteiger partial charge in [0.25, 0.3) is 0 Å². The first-order valence-corrected chi connectivity index (χ1v) is 7.22. The first-order valence-electron chi connectivity index (χ1n) is 7.22. The molecule has 0 N–H and O–H groups in total. The van der Waals surface area contributed by atoms with Crippen LogP contribution in [0.1, 0.15) is 44.7 Å². The van der Waals surface area contributed by atoms with Crippen LogP contribution in [-0.4, -0.2) is 17.6 Å². The Bertz CT molecular complexity index is 487. The van der Waals surface area contributed by atoms with E-state index in [4.69, 9.17) is 4.74 Å². The molecule has 0 amide bonds. The van der Waals surface area contributed by atoms with Crippen LogP contribution in [0.2, 0.25) is 0 Å². The molecule has 106 valence electrons. The molecule has 4 nitrogen and oxygen atoms in total. The van der Waals surface area contributed by atoms with Gasteiger partial charge in [0.2, 0.25) is 0 Å². The number of nitriles is 1. The Morgan fingerprint density at radius 2 is 2.20 bits per heavy atom. The fourth-order valence-corrected chi connectivity index (χ4v) is 3.16. The summed E-state index contributed by atoms with van der Waals surface area (Å²) in [5, 5.41) is 9.52. The van der Waals surface area contributed by atoms with Gasteiger partial charge < -0.3 is 4.74 Å². The second-order valence-corrected chi connectivity index (χ2v) is 5.25. The smallest absolute Gasteiger partial charge is 0.324 e. The third-order valence-corrected chi connectivity index (χ3v) is 4.12. The molecule has 1 saturated carbocycles. The summed E-state index contributed by atoms with van der Waals surface area (Å²) >= 11 is 0. The van der Waals surface area contributed by atoms with Crippen LogP contribution in [0.15, 0.2) is 24.4 Å². The first-order chi connectivity index (χ1) is 9.74. The Balaban J connectivity index is 2.41. The van der Waals surface area contributed by atoms with Crippen LogP contribution >= 0.6 is 0 Å². The Morgan fingerprint density at radius 1 is 1.45 bits per heavy atom. The predicted octanol–water partition coefficient (Wildman–Crippen LogP) is 2.99. The van der Waals surface area contributed by atoms with Crippen LogP contribution in [0.3, 0.4) is 0 Å². The highest BCUT2D eigenvalue weighted by molar-refractivity contribution is 5.77. The van der Waals surface area contributed by atoms with E-state index >= 15 is 0 Å². The average molecular weight is 272 g/mol. The minimum atomic E-state index is -0.766. The van der Waals surface area contributed by atoms with E-state index in [-0.39, 0.29) is 0 Å². The van der Waals surface area contributed by atoms with Crippen molar-refractivity contribution in [1.29, 1.82) is 5.26 Å². The van der Waals surface area contributed by atoms with Crippen molar-refractivity contribution in [2.24, 2.45) is 5.92 Å². The van der Waals surface area contributed by atoms with Crippen molar-refractivity contribution >= 4 is 5.97 Å². The van der Waals surface area contributed by atoms with Gasteiger partial charge in [-0.15, -0.1) is 0 Å². The van der Waals surface area contributed by atoms with Gasteiger partial charge in [-0.3, -0.25) is 9.78 Å². The summed E-state index contributed by atoms with van der Waals surface area (Å²) in [6, 6.07) is 7.87. The van der Waals surface area contributed by atoms with E-state index in [1.807, 2.05) is 18.2 Å². The van der Waals surface area contributed by atoms with Gasteiger partial charge in [-0.25, -0.2) is 0 Å². The summed E-state index contributed by atoms with van der Waals surface area (Å²) in [5.74, 6) is -1.18. The lowest BCUT2D eigenvalue weighted by Gasteiger charge is -2.39. The second-order valence-electron chi connectivity index (χ2n) is 5.25. The van der Waals surface area contributed by atoms with E-state index < -0.39 is 17.3 Å². The molecular weight excluding hydrogens is 252 g/mol. The van der Waals surface area contributed by atoms with Crippen LogP contribution in [0.5, 0.6) is 0 Å². The number of hydrogen-bond acceptors (Lipinski definition) is 4.